The molecule has 0 aromatic heterocycles. The number of nitrogens with one attached hydrogen (secondary N) is 1. The molecule has 1 atom stereocenters. The van der Waals surface area contributed by atoms with E-state index in [1.807, 2.05) is 0 Å². The fourth-order valence-corrected chi connectivity index (χ4v) is 5.54. The predicted molar refractivity (Wildman–Crippen MR) is 147 cm³/mol. The molecular weight excluding hydrogens is 532 g/mol. The molecule has 0 unspecified atom stereocenters. The average molecular weight is 565 g/mol. The van der Waals surface area contributed by atoms with Crippen molar-refractivity contribution in [3.05, 3.63) is 68.7 Å². The van der Waals surface area contributed by atoms with Gasteiger partial charge in [-0.15, -0.1) is 0 Å². The summed E-state index contributed by atoms with van der Waals surface area (Å²) in [6.45, 7) is 2.62. The van der Waals surface area contributed by atoms with Gasteiger partial charge in [-0.2, -0.15) is 0 Å². The van der Waals surface area contributed by atoms with Crippen molar-refractivity contribution in [3.8, 4) is 0 Å². The molecule has 10 nitrogen and oxygen atoms in total. The maximum absolute atomic E-state index is 13.7. The number of amides is 2. The Morgan fingerprint density at radius 1 is 1.13 bits per heavy atom. The van der Waals surface area contributed by atoms with Crippen molar-refractivity contribution in [2.75, 3.05) is 17.1 Å². The highest BCUT2D eigenvalue weighted by molar-refractivity contribution is 7.92. The summed E-state index contributed by atoms with van der Waals surface area (Å²) in [5, 5.41) is 14.9. The lowest BCUT2D eigenvalue weighted by Gasteiger charge is -2.33. The smallest absolute Gasteiger partial charge is 0.271 e. The van der Waals surface area contributed by atoms with E-state index in [4.69, 9.17) is 11.6 Å². The number of halogens is 1. The molecule has 0 bridgehead atoms. The molecule has 2 aromatic rings. The number of sulfonamides is 1. The van der Waals surface area contributed by atoms with Crippen molar-refractivity contribution in [2.45, 2.75) is 64.6 Å². The van der Waals surface area contributed by atoms with Crippen LogP contribution in [0.3, 0.4) is 0 Å². The minimum atomic E-state index is -4.01. The molecule has 1 aliphatic rings. The number of benzene rings is 2. The summed E-state index contributed by atoms with van der Waals surface area (Å²) in [5.74, 6) is -0.945. The van der Waals surface area contributed by atoms with Crippen LogP contribution in [0.25, 0.3) is 0 Å². The number of rotatable bonds is 10. The monoisotopic (exact) mass is 564 g/mol. The molecular formula is C26H33ClN4O6S. The number of non-ortho nitro benzene ring substituents is 1. The lowest BCUT2D eigenvalue weighted by molar-refractivity contribution is -0.384. The summed E-state index contributed by atoms with van der Waals surface area (Å²) < 4.78 is 26.4. The molecule has 0 spiro atoms. The van der Waals surface area contributed by atoms with Gasteiger partial charge >= 0.3 is 0 Å². The second-order valence-electron chi connectivity index (χ2n) is 9.67. The molecule has 0 aliphatic heterocycles. The third kappa shape index (κ3) is 7.67. The number of hydrogen-bond acceptors (Lipinski definition) is 6. The van der Waals surface area contributed by atoms with Gasteiger partial charge in [-0.25, -0.2) is 8.42 Å². The Labute approximate surface area is 228 Å². The van der Waals surface area contributed by atoms with E-state index in [2.05, 4.69) is 5.32 Å². The van der Waals surface area contributed by atoms with Crippen molar-refractivity contribution < 1.29 is 22.9 Å². The van der Waals surface area contributed by atoms with Crippen LogP contribution in [-0.4, -0.2) is 54.9 Å². The summed E-state index contributed by atoms with van der Waals surface area (Å²) in [4.78, 5) is 38.9. The van der Waals surface area contributed by atoms with Crippen LogP contribution in [0, 0.1) is 17.0 Å². The molecule has 12 heteroatoms. The standard InChI is InChI=1S/C26H33ClN4O6S/c1-18-9-14-23(31(34)35)15-24(18)30(38(3,36)37)17-25(32)29(16-20-10-12-21(27)13-11-20)19(2)26(33)28-22-7-5-4-6-8-22/h9-15,19,22H,4-8,16-17H2,1-3H3,(H,28,33)/t19-/m0/s1. The third-order valence-corrected chi connectivity index (χ3v) is 8.11. The van der Waals surface area contributed by atoms with Gasteiger partial charge in [-0.1, -0.05) is 49.1 Å². The van der Waals surface area contributed by atoms with E-state index in [-0.39, 0.29) is 29.9 Å². The second kappa shape index (κ2) is 12.6. The van der Waals surface area contributed by atoms with Gasteiger partial charge in [-0.05, 0) is 49.9 Å². The number of anilines is 1. The van der Waals surface area contributed by atoms with E-state index in [1.54, 1.807) is 38.1 Å². The number of hydrogen-bond donors (Lipinski definition) is 1. The molecule has 38 heavy (non-hydrogen) atoms. The molecule has 0 heterocycles. The number of carbonyl (C=O) groups is 2. The van der Waals surface area contributed by atoms with E-state index in [0.717, 1.165) is 48.7 Å². The average Bonchev–Trinajstić information content (AvgIpc) is 2.86. The van der Waals surface area contributed by atoms with Crippen LogP contribution in [0.15, 0.2) is 42.5 Å². The zero-order valence-corrected chi connectivity index (χ0v) is 23.3. The van der Waals surface area contributed by atoms with Gasteiger partial charge in [0.1, 0.15) is 12.6 Å². The Morgan fingerprint density at radius 3 is 2.34 bits per heavy atom. The highest BCUT2D eigenvalue weighted by Gasteiger charge is 2.32. The van der Waals surface area contributed by atoms with Gasteiger partial charge in [0.05, 0.1) is 16.9 Å². The Hall–Kier alpha value is -3.18. The summed E-state index contributed by atoms with van der Waals surface area (Å²) in [5.41, 5.74) is 0.879. The second-order valence-corrected chi connectivity index (χ2v) is 12.0. The van der Waals surface area contributed by atoms with E-state index >= 15 is 0 Å². The molecule has 1 aliphatic carbocycles. The van der Waals surface area contributed by atoms with Gasteiger partial charge in [0, 0.05) is 29.7 Å². The number of carbonyl (C=O) groups excluding carboxylic acids is 2. The van der Waals surface area contributed by atoms with Crippen molar-refractivity contribution in [3.63, 3.8) is 0 Å². The molecule has 3 rings (SSSR count). The molecule has 0 radical (unpaired) electrons. The fourth-order valence-electron chi connectivity index (χ4n) is 4.51. The minimum Gasteiger partial charge on any atom is -0.352 e. The maximum atomic E-state index is 13.7. The summed E-state index contributed by atoms with van der Waals surface area (Å²) in [7, 11) is -4.01. The van der Waals surface area contributed by atoms with Crippen LogP contribution < -0.4 is 9.62 Å². The van der Waals surface area contributed by atoms with E-state index in [0.29, 0.717) is 16.1 Å². The summed E-state index contributed by atoms with van der Waals surface area (Å²) >= 11 is 6.00. The zero-order chi connectivity index (χ0) is 28.0. The molecule has 206 valence electrons. The van der Waals surface area contributed by atoms with Crippen LogP contribution in [0.5, 0.6) is 0 Å². The number of aryl methyl sites for hydroxylation is 1. The van der Waals surface area contributed by atoms with Crippen molar-refractivity contribution in [1.82, 2.24) is 10.2 Å². The number of nitrogens with zero attached hydrogens (tertiary/aromatic N) is 3. The van der Waals surface area contributed by atoms with Gasteiger partial charge in [0.15, 0.2) is 0 Å². The SMILES string of the molecule is Cc1ccc([N+](=O)[O-])cc1N(CC(=O)N(Cc1ccc(Cl)cc1)[C@@H](C)C(=O)NC1CCCCC1)S(C)(=O)=O. The summed E-state index contributed by atoms with van der Waals surface area (Å²) in [6, 6.07) is 9.77. The molecule has 1 fully saturated rings. The van der Waals surface area contributed by atoms with Gasteiger partial charge in [0.25, 0.3) is 5.69 Å². The van der Waals surface area contributed by atoms with Crippen LogP contribution >= 0.6 is 11.6 Å². The van der Waals surface area contributed by atoms with Gasteiger partial charge in [0.2, 0.25) is 21.8 Å². The van der Waals surface area contributed by atoms with Gasteiger partial charge in [-0.3, -0.25) is 24.0 Å². The van der Waals surface area contributed by atoms with Crippen molar-refractivity contribution in [1.29, 1.82) is 0 Å². The first kappa shape index (κ1) is 29.4. The summed E-state index contributed by atoms with van der Waals surface area (Å²) in [6.07, 6.45) is 5.86. The highest BCUT2D eigenvalue weighted by atomic mass is 35.5. The van der Waals surface area contributed by atoms with Gasteiger partial charge < -0.3 is 10.2 Å². The third-order valence-electron chi connectivity index (χ3n) is 6.74. The lowest BCUT2D eigenvalue weighted by atomic mass is 9.95. The molecule has 1 saturated carbocycles. The van der Waals surface area contributed by atoms with Crippen molar-refractivity contribution >= 4 is 44.8 Å². The highest BCUT2D eigenvalue weighted by Crippen LogP contribution is 2.28. The Bertz CT molecular complexity index is 1280. The normalized spacial score (nSPS) is 14.9. The minimum absolute atomic E-state index is 0.0285. The first-order valence-electron chi connectivity index (χ1n) is 12.4. The number of nitro groups is 1. The molecule has 0 saturated heterocycles. The fraction of sp³-hybridized carbons (Fsp3) is 0.462. The Morgan fingerprint density at radius 2 is 1.76 bits per heavy atom. The molecule has 1 N–H and O–H groups in total. The van der Waals surface area contributed by atoms with E-state index < -0.39 is 33.4 Å². The maximum Gasteiger partial charge on any atom is 0.271 e. The lowest BCUT2D eigenvalue weighted by Crippen LogP contribution is -2.53. The van der Waals surface area contributed by atoms with E-state index in [9.17, 15) is 28.1 Å². The molecule has 2 aromatic carbocycles. The van der Waals surface area contributed by atoms with Crippen LogP contribution in [0.1, 0.15) is 50.2 Å². The first-order valence-corrected chi connectivity index (χ1v) is 14.7. The first-order chi connectivity index (χ1) is 17.9. The Balaban J connectivity index is 1.92. The van der Waals surface area contributed by atoms with Crippen molar-refractivity contribution in [2.24, 2.45) is 0 Å². The molecule has 2 amide bonds. The predicted octanol–water partition coefficient (Wildman–Crippen LogP) is 4.19. The Kier molecular flexibility index (Phi) is 9.72. The quantitative estimate of drug-likeness (QED) is 0.340. The van der Waals surface area contributed by atoms with E-state index in [1.165, 1.54) is 17.0 Å². The zero-order valence-electron chi connectivity index (χ0n) is 21.7. The van der Waals surface area contributed by atoms with Crippen LogP contribution in [0.4, 0.5) is 11.4 Å². The topological polar surface area (TPSA) is 130 Å². The van der Waals surface area contributed by atoms with Crippen LogP contribution in [-0.2, 0) is 26.2 Å². The number of nitro benzene ring substituents is 1. The van der Waals surface area contributed by atoms with Crippen LogP contribution in [0.2, 0.25) is 5.02 Å². The largest absolute Gasteiger partial charge is 0.352 e.